The molecule has 0 radical (unpaired) electrons. The van der Waals surface area contributed by atoms with Gasteiger partial charge in [0.2, 0.25) is 0 Å². The molecule has 0 bridgehead atoms. The van der Waals surface area contributed by atoms with Crippen molar-refractivity contribution in [3.63, 3.8) is 0 Å². The SMILES string of the molecule is CCCCNc1cc(Nc2ccc(OCC)cc2)ncn1. The van der Waals surface area contributed by atoms with Crippen molar-refractivity contribution in [1.82, 2.24) is 9.97 Å². The smallest absolute Gasteiger partial charge is 0.135 e. The maximum Gasteiger partial charge on any atom is 0.135 e. The Morgan fingerprint density at radius 1 is 1.05 bits per heavy atom. The summed E-state index contributed by atoms with van der Waals surface area (Å²) < 4.78 is 5.42. The first kappa shape index (κ1) is 15.1. The summed E-state index contributed by atoms with van der Waals surface area (Å²) in [5.74, 6) is 2.48. The number of hydrogen-bond acceptors (Lipinski definition) is 5. The highest BCUT2D eigenvalue weighted by molar-refractivity contribution is 5.59. The molecule has 2 N–H and O–H groups in total. The molecule has 1 heterocycles. The summed E-state index contributed by atoms with van der Waals surface area (Å²) >= 11 is 0. The van der Waals surface area contributed by atoms with Crippen LogP contribution in [0.15, 0.2) is 36.7 Å². The van der Waals surface area contributed by atoms with E-state index in [1.807, 2.05) is 37.3 Å². The number of ether oxygens (including phenoxy) is 1. The molecule has 0 aliphatic rings. The highest BCUT2D eigenvalue weighted by Crippen LogP contribution is 2.19. The lowest BCUT2D eigenvalue weighted by molar-refractivity contribution is 0.340. The molecule has 5 nitrogen and oxygen atoms in total. The Morgan fingerprint density at radius 3 is 2.52 bits per heavy atom. The first-order valence-electron chi connectivity index (χ1n) is 7.37. The normalized spacial score (nSPS) is 10.2. The summed E-state index contributed by atoms with van der Waals surface area (Å²) in [6, 6.07) is 9.72. The van der Waals surface area contributed by atoms with Crippen molar-refractivity contribution in [3.05, 3.63) is 36.7 Å². The fraction of sp³-hybridized carbons (Fsp3) is 0.375. The summed E-state index contributed by atoms with van der Waals surface area (Å²) in [6.07, 6.45) is 3.85. The quantitative estimate of drug-likeness (QED) is 0.722. The average Bonchev–Trinajstić information content (AvgIpc) is 2.50. The third kappa shape index (κ3) is 4.95. The number of unbranched alkanes of at least 4 members (excludes halogenated alkanes) is 1. The van der Waals surface area contributed by atoms with Crippen LogP contribution in [0.5, 0.6) is 5.75 Å². The average molecular weight is 286 g/mol. The lowest BCUT2D eigenvalue weighted by Gasteiger charge is -2.09. The van der Waals surface area contributed by atoms with Crippen LogP contribution in [0, 0.1) is 0 Å². The molecule has 112 valence electrons. The van der Waals surface area contributed by atoms with E-state index in [0.29, 0.717) is 6.61 Å². The van der Waals surface area contributed by atoms with Crippen LogP contribution in [-0.4, -0.2) is 23.1 Å². The molecule has 0 saturated carbocycles. The minimum Gasteiger partial charge on any atom is -0.494 e. The van der Waals surface area contributed by atoms with Crippen LogP contribution in [0.2, 0.25) is 0 Å². The van der Waals surface area contributed by atoms with Crippen molar-refractivity contribution in [2.45, 2.75) is 26.7 Å². The van der Waals surface area contributed by atoms with E-state index < -0.39 is 0 Å². The molecule has 5 heteroatoms. The fourth-order valence-corrected chi connectivity index (χ4v) is 1.86. The minimum absolute atomic E-state index is 0.672. The van der Waals surface area contributed by atoms with E-state index in [2.05, 4.69) is 27.5 Å². The maximum atomic E-state index is 5.42. The van der Waals surface area contributed by atoms with Gasteiger partial charge in [-0.2, -0.15) is 0 Å². The zero-order valence-corrected chi connectivity index (χ0v) is 12.6. The zero-order chi connectivity index (χ0) is 14.9. The Hall–Kier alpha value is -2.30. The number of nitrogens with zero attached hydrogens (tertiary/aromatic N) is 2. The molecule has 21 heavy (non-hydrogen) atoms. The summed E-state index contributed by atoms with van der Waals surface area (Å²) in [7, 11) is 0. The third-order valence-electron chi connectivity index (χ3n) is 2.94. The van der Waals surface area contributed by atoms with Gasteiger partial charge >= 0.3 is 0 Å². The molecule has 0 atom stereocenters. The number of rotatable bonds is 8. The molecule has 0 spiro atoms. The Bertz CT molecular complexity index is 542. The van der Waals surface area contributed by atoms with Gasteiger partial charge in [0.1, 0.15) is 23.7 Å². The minimum atomic E-state index is 0.672. The number of aromatic nitrogens is 2. The number of benzene rings is 1. The number of nitrogens with one attached hydrogen (secondary N) is 2. The van der Waals surface area contributed by atoms with E-state index >= 15 is 0 Å². The van der Waals surface area contributed by atoms with Crippen molar-refractivity contribution in [1.29, 1.82) is 0 Å². The van der Waals surface area contributed by atoms with Crippen LogP contribution < -0.4 is 15.4 Å². The summed E-state index contributed by atoms with van der Waals surface area (Å²) in [6.45, 7) is 5.74. The molecule has 0 saturated heterocycles. The summed E-state index contributed by atoms with van der Waals surface area (Å²) in [4.78, 5) is 8.44. The van der Waals surface area contributed by atoms with Crippen LogP contribution in [-0.2, 0) is 0 Å². The van der Waals surface area contributed by atoms with Crippen LogP contribution in [0.3, 0.4) is 0 Å². The predicted octanol–water partition coefficient (Wildman–Crippen LogP) is 3.83. The Labute approximate surface area is 125 Å². The Balaban J connectivity index is 1.96. The van der Waals surface area contributed by atoms with Gasteiger partial charge in [0.05, 0.1) is 6.61 Å². The summed E-state index contributed by atoms with van der Waals surface area (Å²) in [5.41, 5.74) is 0.969. The van der Waals surface area contributed by atoms with Crippen molar-refractivity contribution >= 4 is 17.3 Å². The number of hydrogen-bond donors (Lipinski definition) is 2. The molecule has 0 aliphatic carbocycles. The van der Waals surface area contributed by atoms with Gasteiger partial charge in [-0.15, -0.1) is 0 Å². The van der Waals surface area contributed by atoms with Gasteiger partial charge in [-0.25, -0.2) is 9.97 Å². The molecule has 2 aromatic rings. The second kappa shape index (κ2) is 8.09. The second-order valence-electron chi connectivity index (χ2n) is 4.65. The van der Waals surface area contributed by atoms with Crippen LogP contribution >= 0.6 is 0 Å². The maximum absolute atomic E-state index is 5.42. The zero-order valence-electron chi connectivity index (χ0n) is 12.6. The lowest BCUT2D eigenvalue weighted by Crippen LogP contribution is -2.04. The van der Waals surface area contributed by atoms with Gasteiger partial charge in [-0.05, 0) is 37.6 Å². The monoisotopic (exact) mass is 286 g/mol. The van der Waals surface area contributed by atoms with Crippen LogP contribution in [0.25, 0.3) is 0 Å². The van der Waals surface area contributed by atoms with Gasteiger partial charge in [-0.1, -0.05) is 13.3 Å². The van der Waals surface area contributed by atoms with E-state index in [1.54, 1.807) is 6.33 Å². The molecule has 1 aromatic heterocycles. The highest BCUT2D eigenvalue weighted by atomic mass is 16.5. The van der Waals surface area contributed by atoms with Gasteiger partial charge in [0, 0.05) is 18.3 Å². The summed E-state index contributed by atoms with van der Waals surface area (Å²) in [5, 5.41) is 6.54. The van der Waals surface area contributed by atoms with Gasteiger partial charge in [0.25, 0.3) is 0 Å². The predicted molar refractivity (Wildman–Crippen MR) is 86.3 cm³/mol. The molecular weight excluding hydrogens is 264 g/mol. The molecular formula is C16H22N4O. The molecule has 1 aromatic carbocycles. The first-order chi connectivity index (χ1) is 10.3. The molecule has 0 aliphatic heterocycles. The van der Waals surface area contributed by atoms with Crippen molar-refractivity contribution in [2.75, 3.05) is 23.8 Å². The van der Waals surface area contributed by atoms with E-state index in [-0.39, 0.29) is 0 Å². The largest absolute Gasteiger partial charge is 0.494 e. The number of anilines is 3. The van der Waals surface area contributed by atoms with Gasteiger partial charge in [0.15, 0.2) is 0 Å². The van der Waals surface area contributed by atoms with E-state index in [1.165, 1.54) is 0 Å². The Morgan fingerprint density at radius 2 is 1.81 bits per heavy atom. The topological polar surface area (TPSA) is 59.1 Å². The molecule has 0 fully saturated rings. The van der Waals surface area contributed by atoms with Crippen LogP contribution in [0.1, 0.15) is 26.7 Å². The molecule has 0 unspecified atom stereocenters. The Kier molecular flexibility index (Phi) is 5.82. The lowest BCUT2D eigenvalue weighted by atomic mass is 10.3. The van der Waals surface area contributed by atoms with Crippen LogP contribution in [0.4, 0.5) is 17.3 Å². The van der Waals surface area contributed by atoms with Gasteiger partial charge in [-0.3, -0.25) is 0 Å². The molecule has 2 rings (SSSR count). The standard InChI is InChI=1S/C16H22N4O/c1-3-5-10-17-15-11-16(19-12-18-15)20-13-6-8-14(9-7-13)21-4-2/h6-9,11-12H,3-5,10H2,1-2H3,(H2,17,18,19,20). The third-order valence-corrected chi connectivity index (χ3v) is 2.94. The van der Waals surface area contributed by atoms with Gasteiger partial charge < -0.3 is 15.4 Å². The van der Waals surface area contributed by atoms with E-state index in [0.717, 1.165) is 42.5 Å². The van der Waals surface area contributed by atoms with Crippen molar-refractivity contribution < 1.29 is 4.74 Å². The van der Waals surface area contributed by atoms with E-state index in [9.17, 15) is 0 Å². The fourth-order valence-electron chi connectivity index (χ4n) is 1.86. The highest BCUT2D eigenvalue weighted by Gasteiger charge is 2.00. The first-order valence-corrected chi connectivity index (χ1v) is 7.37. The van der Waals surface area contributed by atoms with Crippen molar-refractivity contribution in [2.24, 2.45) is 0 Å². The van der Waals surface area contributed by atoms with E-state index in [4.69, 9.17) is 4.74 Å². The van der Waals surface area contributed by atoms with Crippen molar-refractivity contribution in [3.8, 4) is 5.75 Å². The second-order valence-corrected chi connectivity index (χ2v) is 4.65. The molecule has 0 amide bonds.